The van der Waals surface area contributed by atoms with Crippen molar-refractivity contribution in [1.29, 1.82) is 0 Å². The number of carbonyl (C=O) groups excluding carboxylic acids is 2. The Labute approximate surface area is 132 Å². The van der Waals surface area contributed by atoms with E-state index in [2.05, 4.69) is 4.98 Å². The molecule has 0 fully saturated rings. The minimum atomic E-state index is -0.330. The zero-order valence-electron chi connectivity index (χ0n) is 12.3. The van der Waals surface area contributed by atoms with Crippen molar-refractivity contribution in [2.75, 3.05) is 13.2 Å². The molecule has 0 saturated carbocycles. The molecule has 118 valence electrons. The number of pyridine rings is 1. The number of phenols is 1. The van der Waals surface area contributed by atoms with Gasteiger partial charge in [0.05, 0.1) is 5.56 Å². The number of phenolic OH excluding ortho intramolecular Hbond substituents is 1. The fourth-order valence-corrected chi connectivity index (χ4v) is 2.34. The molecule has 1 aromatic carbocycles. The van der Waals surface area contributed by atoms with Crippen molar-refractivity contribution in [2.45, 2.75) is 12.8 Å². The van der Waals surface area contributed by atoms with Gasteiger partial charge in [-0.05, 0) is 24.3 Å². The highest BCUT2D eigenvalue weighted by Gasteiger charge is 2.22. The van der Waals surface area contributed by atoms with Gasteiger partial charge in [0.2, 0.25) is 5.75 Å². The minimum Gasteiger partial charge on any atom is -0.504 e. The van der Waals surface area contributed by atoms with E-state index >= 15 is 0 Å². The van der Waals surface area contributed by atoms with Crippen molar-refractivity contribution < 1.29 is 24.2 Å². The van der Waals surface area contributed by atoms with E-state index in [0.717, 1.165) is 0 Å². The van der Waals surface area contributed by atoms with E-state index in [4.69, 9.17) is 9.47 Å². The summed E-state index contributed by atoms with van der Waals surface area (Å²) in [5.41, 5.74) is 0.453. The summed E-state index contributed by atoms with van der Waals surface area (Å²) >= 11 is 0. The van der Waals surface area contributed by atoms with Crippen molar-refractivity contribution in [3.63, 3.8) is 0 Å². The van der Waals surface area contributed by atoms with E-state index in [1.54, 1.807) is 24.3 Å². The van der Waals surface area contributed by atoms with Gasteiger partial charge in [-0.1, -0.05) is 6.07 Å². The van der Waals surface area contributed by atoms with Gasteiger partial charge in [0, 0.05) is 19.0 Å². The maximum Gasteiger partial charge on any atom is 0.204 e. The van der Waals surface area contributed by atoms with Crippen molar-refractivity contribution in [2.24, 2.45) is 0 Å². The van der Waals surface area contributed by atoms with Crippen LogP contribution in [-0.4, -0.2) is 34.9 Å². The fourth-order valence-electron chi connectivity index (χ4n) is 2.34. The first kappa shape index (κ1) is 15.0. The quantitative estimate of drug-likeness (QED) is 0.853. The van der Waals surface area contributed by atoms with Crippen LogP contribution in [0, 0.1) is 0 Å². The Kier molecular flexibility index (Phi) is 4.23. The molecule has 6 nitrogen and oxygen atoms in total. The summed E-state index contributed by atoms with van der Waals surface area (Å²) in [6, 6.07) is 8.11. The Morgan fingerprint density at radius 3 is 2.61 bits per heavy atom. The topological polar surface area (TPSA) is 85.7 Å². The van der Waals surface area contributed by atoms with Gasteiger partial charge in [0.15, 0.2) is 23.1 Å². The first-order valence-corrected chi connectivity index (χ1v) is 7.26. The van der Waals surface area contributed by atoms with Crippen molar-refractivity contribution in [3.05, 3.63) is 47.8 Å². The molecule has 23 heavy (non-hydrogen) atoms. The molecule has 0 atom stereocenters. The second-order valence-corrected chi connectivity index (χ2v) is 5.05. The van der Waals surface area contributed by atoms with E-state index < -0.39 is 0 Å². The molecule has 2 aromatic rings. The highest BCUT2D eigenvalue weighted by Crippen LogP contribution is 2.41. The number of aromatic nitrogens is 1. The van der Waals surface area contributed by atoms with Crippen LogP contribution in [-0.2, 0) is 0 Å². The normalized spacial score (nSPS) is 12.7. The van der Waals surface area contributed by atoms with Gasteiger partial charge in [-0.2, -0.15) is 0 Å². The average Bonchev–Trinajstić information content (AvgIpc) is 2.60. The molecule has 3 rings (SSSR count). The second kappa shape index (κ2) is 6.48. The SMILES string of the molecule is O=C(CCC(=O)c1ccc2c(c1O)OCCO2)c1ccccn1. The first-order chi connectivity index (χ1) is 11.2. The Balaban J connectivity index is 1.70. The van der Waals surface area contributed by atoms with Gasteiger partial charge in [-0.15, -0.1) is 0 Å². The third-order valence-corrected chi connectivity index (χ3v) is 3.51. The molecular weight excluding hydrogens is 298 g/mol. The number of Topliss-reactive ketones (excluding diaryl/α,β-unsaturated/α-hetero) is 2. The molecule has 1 N–H and O–H groups in total. The Hall–Kier alpha value is -2.89. The maximum atomic E-state index is 12.3. The third-order valence-electron chi connectivity index (χ3n) is 3.51. The van der Waals surface area contributed by atoms with E-state index in [1.807, 2.05) is 0 Å². The Bertz CT molecular complexity index is 742. The highest BCUT2D eigenvalue weighted by atomic mass is 16.6. The summed E-state index contributed by atoms with van der Waals surface area (Å²) in [7, 11) is 0. The highest BCUT2D eigenvalue weighted by molar-refractivity contribution is 6.03. The monoisotopic (exact) mass is 313 g/mol. The summed E-state index contributed by atoms with van der Waals surface area (Å²) in [6.07, 6.45) is 1.55. The summed E-state index contributed by atoms with van der Waals surface area (Å²) in [4.78, 5) is 28.2. The number of aromatic hydroxyl groups is 1. The van der Waals surface area contributed by atoms with Crippen molar-refractivity contribution in [1.82, 2.24) is 4.98 Å². The Morgan fingerprint density at radius 2 is 1.83 bits per heavy atom. The minimum absolute atomic E-state index is 0.0113. The van der Waals surface area contributed by atoms with Crippen LogP contribution in [0.3, 0.4) is 0 Å². The van der Waals surface area contributed by atoms with Gasteiger partial charge < -0.3 is 14.6 Å². The molecule has 0 spiro atoms. The maximum absolute atomic E-state index is 12.3. The van der Waals surface area contributed by atoms with E-state index in [0.29, 0.717) is 24.7 Å². The smallest absolute Gasteiger partial charge is 0.204 e. The molecule has 0 amide bonds. The van der Waals surface area contributed by atoms with Crippen LogP contribution in [0.2, 0.25) is 0 Å². The number of nitrogens with zero attached hydrogens (tertiary/aromatic N) is 1. The van der Waals surface area contributed by atoms with Gasteiger partial charge in [-0.3, -0.25) is 14.6 Å². The summed E-state index contributed by atoms with van der Waals surface area (Å²) in [6.45, 7) is 0.717. The predicted molar refractivity (Wildman–Crippen MR) is 81.2 cm³/mol. The molecule has 6 heteroatoms. The van der Waals surface area contributed by atoms with Crippen molar-refractivity contribution in [3.8, 4) is 17.2 Å². The summed E-state index contributed by atoms with van der Waals surface area (Å²) in [5, 5.41) is 10.2. The number of ether oxygens (including phenoxy) is 2. The number of hydrogen-bond donors (Lipinski definition) is 1. The number of benzene rings is 1. The molecule has 0 aliphatic carbocycles. The summed E-state index contributed by atoms with van der Waals surface area (Å²) < 4.78 is 10.7. The van der Waals surface area contributed by atoms with Crippen LogP contribution in [0.25, 0.3) is 0 Å². The van der Waals surface area contributed by atoms with Crippen LogP contribution in [0.15, 0.2) is 36.5 Å². The number of hydrogen-bond acceptors (Lipinski definition) is 6. The number of ketones is 2. The lowest BCUT2D eigenvalue weighted by Gasteiger charge is -2.20. The standard InChI is InChI=1S/C17H15NO5/c19-13(5-6-14(20)12-3-1-2-8-18-12)11-4-7-15-17(16(11)21)23-10-9-22-15/h1-4,7-8,21H,5-6,9-10H2. The Morgan fingerprint density at radius 1 is 1.04 bits per heavy atom. The van der Waals surface area contributed by atoms with Crippen LogP contribution >= 0.6 is 0 Å². The largest absolute Gasteiger partial charge is 0.504 e. The number of carbonyl (C=O) groups is 2. The molecule has 1 aromatic heterocycles. The molecule has 0 radical (unpaired) electrons. The molecule has 0 unspecified atom stereocenters. The lowest BCUT2D eigenvalue weighted by molar-refractivity contribution is 0.0912. The van der Waals surface area contributed by atoms with Crippen LogP contribution in [0.5, 0.6) is 17.2 Å². The number of rotatable bonds is 5. The third kappa shape index (κ3) is 3.15. The molecule has 2 heterocycles. The summed E-state index contributed by atoms with van der Waals surface area (Å²) in [5.74, 6) is -0.190. The molecule has 1 aliphatic heterocycles. The van der Waals surface area contributed by atoms with Gasteiger partial charge in [0.25, 0.3) is 0 Å². The molecule has 1 aliphatic rings. The molecule has 0 bridgehead atoms. The lowest BCUT2D eigenvalue weighted by atomic mass is 10.0. The average molecular weight is 313 g/mol. The molecule has 0 saturated heterocycles. The van der Waals surface area contributed by atoms with Crippen LogP contribution in [0.4, 0.5) is 0 Å². The predicted octanol–water partition coefficient (Wildman–Crippen LogP) is 2.40. The fraction of sp³-hybridized carbons (Fsp3) is 0.235. The van der Waals surface area contributed by atoms with Crippen LogP contribution < -0.4 is 9.47 Å². The van der Waals surface area contributed by atoms with Crippen molar-refractivity contribution >= 4 is 11.6 Å². The second-order valence-electron chi connectivity index (χ2n) is 5.05. The zero-order chi connectivity index (χ0) is 16.2. The van der Waals surface area contributed by atoms with Gasteiger partial charge in [0.1, 0.15) is 18.9 Å². The van der Waals surface area contributed by atoms with E-state index in [9.17, 15) is 14.7 Å². The van der Waals surface area contributed by atoms with E-state index in [-0.39, 0.29) is 41.5 Å². The zero-order valence-corrected chi connectivity index (χ0v) is 12.3. The molecular formula is C17H15NO5. The van der Waals surface area contributed by atoms with E-state index in [1.165, 1.54) is 12.3 Å². The van der Waals surface area contributed by atoms with Gasteiger partial charge >= 0.3 is 0 Å². The lowest BCUT2D eigenvalue weighted by Crippen LogP contribution is -2.16. The van der Waals surface area contributed by atoms with Crippen LogP contribution in [0.1, 0.15) is 33.7 Å². The van der Waals surface area contributed by atoms with Gasteiger partial charge in [-0.25, -0.2) is 0 Å². The number of fused-ring (bicyclic) bond motifs is 1. The first-order valence-electron chi connectivity index (χ1n) is 7.26.